The van der Waals surface area contributed by atoms with Crippen LogP contribution in [0.1, 0.15) is 86.9 Å². The van der Waals surface area contributed by atoms with E-state index in [0.29, 0.717) is 0 Å². The van der Waals surface area contributed by atoms with Crippen molar-refractivity contribution in [1.82, 2.24) is 0 Å². The number of anilines is 2. The Kier molecular flexibility index (Phi) is 8.75. The molecule has 0 unspecified atom stereocenters. The van der Waals surface area contributed by atoms with Crippen LogP contribution in [0, 0.1) is 0 Å². The zero-order valence-electron chi connectivity index (χ0n) is 31.5. The molecule has 0 amide bonds. The normalized spacial score (nSPS) is 17.8. The number of nitrogens with zero attached hydrogens (tertiary/aromatic N) is 2. The maximum atomic E-state index is 5.93. The summed E-state index contributed by atoms with van der Waals surface area (Å²) in [6, 6.07) is 30.9. The van der Waals surface area contributed by atoms with Crippen LogP contribution in [0.2, 0.25) is 0 Å². The molecule has 4 nitrogen and oxygen atoms in total. The second-order valence-electron chi connectivity index (χ2n) is 16.9. The van der Waals surface area contributed by atoms with Gasteiger partial charge in [0.2, 0.25) is 0 Å². The molecule has 264 valence electrons. The zero-order chi connectivity index (χ0) is 35.4. The first-order valence-electron chi connectivity index (χ1n) is 19.1. The highest BCUT2D eigenvalue weighted by molar-refractivity contribution is 5.84. The van der Waals surface area contributed by atoms with Crippen LogP contribution in [-0.2, 0) is 32.1 Å². The molecule has 0 atom stereocenters. The van der Waals surface area contributed by atoms with E-state index in [0.717, 1.165) is 65.4 Å². The monoisotopic (exact) mass is 678 g/mol. The first-order valence-corrected chi connectivity index (χ1v) is 19.1. The molecule has 0 aromatic heterocycles. The van der Waals surface area contributed by atoms with Crippen LogP contribution in [0.5, 0.6) is 0 Å². The Morgan fingerprint density at radius 2 is 1.16 bits per heavy atom. The summed E-state index contributed by atoms with van der Waals surface area (Å²) in [4.78, 5) is 5.16. The van der Waals surface area contributed by atoms with Gasteiger partial charge in [-0.3, -0.25) is 0 Å². The fraction of sp³-hybridized carbons (Fsp3) is 0.404. The lowest BCUT2D eigenvalue weighted by Gasteiger charge is -2.46. The molecule has 4 aromatic carbocycles. The summed E-state index contributed by atoms with van der Waals surface area (Å²) in [7, 11) is 0. The lowest BCUT2D eigenvalue weighted by Crippen LogP contribution is -2.43. The average Bonchev–Trinajstić information content (AvgIpc) is 3.81. The Morgan fingerprint density at radius 3 is 1.69 bits per heavy atom. The van der Waals surface area contributed by atoms with Crippen molar-refractivity contribution in [3.63, 3.8) is 0 Å². The first-order chi connectivity index (χ1) is 24.6. The van der Waals surface area contributed by atoms with Gasteiger partial charge in [-0.25, -0.2) is 0 Å². The first kappa shape index (κ1) is 34.0. The molecule has 4 aliphatic rings. The molecule has 4 heteroatoms. The van der Waals surface area contributed by atoms with Gasteiger partial charge in [0, 0.05) is 37.6 Å². The van der Waals surface area contributed by atoms with E-state index < -0.39 is 5.41 Å². The Hall–Kier alpha value is -4.12. The number of para-hydroxylation sites is 2. The molecular formula is C47H54N2O2. The van der Waals surface area contributed by atoms with E-state index in [-0.39, 0.29) is 10.8 Å². The van der Waals surface area contributed by atoms with E-state index in [9.17, 15) is 0 Å². The van der Waals surface area contributed by atoms with Gasteiger partial charge in [0.1, 0.15) is 0 Å². The second-order valence-corrected chi connectivity index (χ2v) is 16.9. The number of benzene rings is 4. The number of hydrogen-bond donors (Lipinski definition) is 0. The Balaban J connectivity index is 1.52. The molecule has 8 rings (SSSR count). The van der Waals surface area contributed by atoms with Gasteiger partial charge in [-0.2, -0.15) is 0 Å². The Labute approximate surface area is 305 Å². The minimum atomic E-state index is -0.559. The molecular weight excluding hydrogens is 625 g/mol. The van der Waals surface area contributed by atoms with Gasteiger partial charge in [-0.05, 0) is 91.4 Å². The third kappa shape index (κ3) is 5.85. The number of ether oxygens (including phenoxy) is 2. The van der Waals surface area contributed by atoms with Gasteiger partial charge in [0.05, 0.1) is 31.8 Å². The van der Waals surface area contributed by atoms with Gasteiger partial charge in [-0.1, -0.05) is 127 Å². The summed E-state index contributed by atoms with van der Waals surface area (Å²) in [5, 5.41) is 0. The molecule has 2 aliphatic heterocycles. The fourth-order valence-corrected chi connectivity index (χ4v) is 9.18. The third-order valence-electron chi connectivity index (χ3n) is 11.7. The van der Waals surface area contributed by atoms with Gasteiger partial charge in [-0.15, -0.1) is 0 Å². The van der Waals surface area contributed by atoms with Crippen LogP contribution in [0.15, 0.2) is 103 Å². The van der Waals surface area contributed by atoms with E-state index in [1.54, 1.807) is 0 Å². The van der Waals surface area contributed by atoms with Gasteiger partial charge in [0.25, 0.3) is 0 Å². The largest absolute Gasteiger partial charge is 0.378 e. The van der Waals surface area contributed by atoms with Gasteiger partial charge in [0.15, 0.2) is 0 Å². The van der Waals surface area contributed by atoms with Crippen molar-refractivity contribution in [2.45, 2.75) is 70.6 Å². The summed E-state index contributed by atoms with van der Waals surface area (Å²) in [6.45, 7) is 20.7. The summed E-state index contributed by atoms with van der Waals surface area (Å²) < 4.78 is 11.9. The minimum Gasteiger partial charge on any atom is -0.378 e. The van der Waals surface area contributed by atoms with Crippen LogP contribution in [0.25, 0.3) is 11.1 Å². The maximum absolute atomic E-state index is 5.93. The van der Waals surface area contributed by atoms with E-state index >= 15 is 0 Å². The molecule has 4 aromatic rings. The smallest absolute Gasteiger partial charge is 0.0713 e. The molecule has 0 radical (unpaired) electrons. The van der Waals surface area contributed by atoms with Crippen LogP contribution < -0.4 is 9.80 Å². The maximum Gasteiger partial charge on any atom is 0.0713 e. The van der Waals surface area contributed by atoms with Crippen molar-refractivity contribution in [2.75, 3.05) is 62.4 Å². The lowest BCUT2D eigenvalue weighted by atomic mass is 9.58. The SMILES string of the molecule is CC(C)(C)c1ccc2c(c1)Cc1c-2ccc(C(C)(C)C)c1C(C1=CC=CC1)(c1ccccc1N1CCOCC1)c1ccccc1N1CCOCC1. The summed E-state index contributed by atoms with van der Waals surface area (Å²) in [5.74, 6) is 0. The number of fused-ring (bicyclic) bond motifs is 3. The fourth-order valence-electron chi connectivity index (χ4n) is 9.18. The predicted octanol–water partition coefficient (Wildman–Crippen LogP) is 9.75. The summed E-state index contributed by atoms with van der Waals surface area (Å²) in [5.41, 5.74) is 16.2. The van der Waals surface area contributed by atoms with E-state index in [4.69, 9.17) is 9.47 Å². The molecule has 2 aliphatic carbocycles. The molecule has 0 N–H and O–H groups in total. The molecule has 0 spiro atoms. The molecule has 2 heterocycles. The molecule has 2 saturated heterocycles. The third-order valence-corrected chi connectivity index (χ3v) is 11.7. The van der Waals surface area contributed by atoms with Crippen molar-refractivity contribution in [2.24, 2.45) is 0 Å². The van der Waals surface area contributed by atoms with Gasteiger partial charge < -0.3 is 19.3 Å². The molecule has 0 saturated carbocycles. The van der Waals surface area contributed by atoms with E-state index in [2.05, 4.69) is 148 Å². The predicted molar refractivity (Wildman–Crippen MR) is 213 cm³/mol. The van der Waals surface area contributed by atoms with Crippen LogP contribution >= 0.6 is 0 Å². The molecule has 2 fully saturated rings. The van der Waals surface area contributed by atoms with Crippen molar-refractivity contribution in [3.8, 4) is 11.1 Å². The van der Waals surface area contributed by atoms with Crippen LogP contribution in [0.3, 0.4) is 0 Å². The highest BCUT2D eigenvalue weighted by Crippen LogP contribution is 2.58. The van der Waals surface area contributed by atoms with Crippen LogP contribution in [-0.4, -0.2) is 52.6 Å². The zero-order valence-corrected chi connectivity index (χ0v) is 31.5. The second kappa shape index (κ2) is 13.1. The topological polar surface area (TPSA) is 24.9 Å². The number of rotatable bonds is 6. The number of morpholine rings is 2. The van der Waals surface area contributed by atoms with E-state index in [1.807, 2.05) is 0 Å². The van der Waals surface area contributed by atoms with Crippen molar-refractivity contribution < 1.29 is 9.47 Å². The molecule has 51 heavy (non-hydrogen) atoms. The standard InChI is InChI=1S/C47H54N2O2/c1-45(2,3)35-19-20-36-33(31-35)32-38-37(36)21-22-41(46(4,5)6)44(38)47(34-13-7-8-14-34,39-15-9-11-17-42(39)48-23-27-50-28-24-48)40-16-10-12-18-43(40)49-25-29-51-30-26-49/h7-13,15-22,31H,14,23-30,32H2,1-6H3. The van der Waals surface area contributed by atoms with Crippen molar-refractivity contribution >= 4 is 11.4 Å². The molecule has 0 bridgehead atoms. The summed E-state index contributed by atoms with van der Waals surface area (Å²) in [6.07, 6.45) is 8.93. The number of hydrogen-bond acceptors (Lipinski definition) is 4. The Bertz CT molecular complexity index is 1930. The van der Waals surface area contributed by atoms with E-state index in [1.165, 1.54) is 67.0 Å². The summed E-state index contributed by atoms with van der Waals surface area (Å²) >= 11 is 0. The van der Waals surface area contributed by atoms with Crippen LogP contribution in [0.4, 0.5) is 11.4 Å². The average molecular weight is 679 g/mol. The van der Waals surface area contributed by atoms with Crippen molar-refractivity contribution in [1.29, 1.82) is 0 Å². The highest BCUT2D eigenvalue weighted by atomic mass is 16.5. The number of allylic oxidation sites excluding steroid dienone is 4. The van der Waals surface area contributed by atoms with Gasteiger partial charge >= 0.3 is 0 Å². The Morgan fingerprint density at radius 1 is 0.588 bits per heavy atom. The minimum absolute atomic E-state index is 0.0848. The highest BCUT2D eigenvalue weighted by Gasteiger charge is 2.49. The lowest BCUT2D eigenvalue weighted by molar-refractivity contribution is 0.122. The quantitative estimate of drug-likeness (QED) is 0.167. The van der Waals surface area contributed by atoms with Crippen molar-refractivity contribution in [3.05, 3.63) is 142 Å².